The molecule has 0 unspecified atom stereocenters. The standard InChI is InChI=1S/C14H13Cl2NO/c1-9-3-4-12(5-10(9)2)18-8-11-7-17-14(16)6-13(11)15/h3-7H,8H2,1-2H3. The van der Waals surface area contributed by atoms with Crippen molar-refractivity contribution >= 4 is 23.2 Å². The molecule has 2 nitrogen and oxygen atoms in total. The van der Waals surface area contributed by atoms with Gasteiger partial charge in [0.15, 0.2) is 0 Å². The Balaban J connectivity index is 2.09. The van der Waals surface area contributed by atoms with Crippen LogP contribution in [-0.4, -0.2) is 4.98 Å². The largest absolute Gasteiger partial charge is 0.489 e. The smallest absolute Gasteiger partial charge is 0.130 e. The predicted octanol–water partition coefficient (Wildman–Crippen LogP) is 4.58. The van der Waals surface area contributed by atoms with E-state index < -0.39 is 0 Å². The third-order valence-corrected chi connectivity index (χ3v) is 3.33. The van der Waals surface area contributed by atoms with Gasteiger partial charge in [0.25, 0.3) is 0 Å². The average molecular weight is 282 g/mol. The fourth-order valence-corrected chi connectivity index (χ4v) is 1.93. The Morgan fingerprint density at radius 2 is 1.89 bits per heavy atom. The molecule has 0 aliphatic heterocycles. The lowest BCUT2D eigenvalue weighted by molar-refractivity contribution is 0.305. The van der Waals surface area contributed by atoms with E-state index >= 15 is 0 Å². The molecule has 0 saturated carbocycles. The third-order valence-electron chi connectivity index (χ3n) is 2.77. The van der Waals surface area contributed by atoms with E-state index in [0.717, 1.165) is 11.3 Å². The van der Waals surface area contributed by atoms with E-state index in [0.29, 0.717) is 16.8 Å². The highest BCUT2D eigenvalue weighted by atomic mass is 35.5. The van der Waals surface area contributed by atoms with Gasteiger partial charge in [0, 0.05) is 11.8 Å². The molecule has 0 N–H and O–H groups in total. The summed E-state index contributed by atoms with van der Waals surface area (Å²) in [7, 11) is 0. The molecular formula is C14H13Cl2NO. The number of aryl methyl sites for hydroxylation is 2. The van der Waals surface area contributed by atoms with Crippen LogP contribution in [0.15, 0.2) is 30.5 Å². The maximum atomic E-state index is 6.05. The van der Waals surface area contributed by atoms with Gasteiger partial charge in [0.05, 0.1) is 5.02 Å². The van der Waals surface area contributed by atoms with Crippen LogP contribution >= 0.6 is 23.2 Å². The molecule has 2 aromatic rings. The van der Waals surface area contributed by atoms with Crippen molar-refractivity contribution in [2.45, 2.75) is 20.5 Å². The van der Waals surface area contributed by atoms with Gasteiger partial charge in [-0.05, 0) is 43.2 Å². The molecule has 4 heteroatoms. The average Bonchev–Trinajstić information content (AvgIpc) is 2.32. The summed E-state index contributed by atoms with van der Waals surface area (Å²) in [5.74, 6) is 0.823. The number of nitrogens with zero attached hydrogens (tertiary/aromatic N) is 1. The number of aromatic nitrogens is 1. The topological polar surface area (TPSA) is 22.1 Å². The molecule has 18 heavy (non-hydrogen) atoms. The molecule has 1 aromatic heterocycles. The van der Waals surface area contributed by atoms with E-state index in [1.54, 1.807) is 12.3 Å². The minimum absolute atomic E-state index is 0.380. The summed E-state index contributed by atoms with van der Waals surface area (Å²) in [6.45, 7) is 4.50. The first-order chi connectivity index (χ1) is 8.56. The van der Waals surface area contributed by atoms with Gasteiger partial charge in [0.2, 0.25) is 0 Å². The van der Waals surface area contributed by atoms with Crippen molar-refractivity contribution in [2.75, 3.05) is 0 Å². The Morgan fingerprint density at radius 1 is 1.11 bits per heavy atom. The summed E-state index contributed by atoms with van der Waals surface area (Å²) < 4.78 is 5.68. The van der Waals surface area contributed by atoms with E-state index in [-0.39, 0.29) is 0 Å². The molecule has 0 amide bonds. The first-order valence-corrected chi connectivity index (χ1v) is 6.32. The quantitative estimate of drug-likeness (QED) is 0.768. The summed E-state index contributed by atoms with van der Waals surface area (Å²) in [5, 5.41) is 0.953. The minimum atomic E-state index is 0.380. The SMILES string of the molecule is Cc1ccc(OCc2cnc(Cl)cc2Cl)cc1C. The second kappa shape index (κ2) is 5.59. The zero-order valence-electron chi connectivity index (χ0n) is 10.2. The monoisotopic (exact) mass is 281 g/mol. The molecule has 0 saturated heterocycles. The van der Waals surface area contributed by atoms with Crippen LogP contribution < -0.4 is 4.74 Å². The molecule has 0 aliphatic rings. The molecule has 94 valence electrons. The van der Waals surface area contributed by atoms with Crippen molar-refractivity contribution in [3.63, 3.8) is 0 Å². The maximum absolute atomic E-state index is 6.05. The van der Waals surface area contributed by atoms with Crippen molar-refractivity contribution in [1.82, 2.24) is 4.98 Å². The van der Waals surface area contributed by atoms with Crippen LogP contribution in [0.3, 0.4) is 0 Å². The highest BCUT2D eigenvalue weighted by Gasteiger charge is 2.04. The lowest BCUT2D eigenvalue weighted by atomic mass is 10.1. The van der Waals surface area contributed by atoms with Crippen molar-refractivity contribution in [3.05, 3.63) is 57.3 Å². The first-order valence-electron chi connectivity index (χ1n) is 5.56. The highest BCUT2D eigenvalue weighted by Crippen LogP contribution is 2.22. The third kappa shape index (κ3) is 3.15. The second-order valence-electron chi connectivity index (χ2n) is 4.13. The van der Waals surface area contributed by atoms with Gasteiger partial charge in [-0.25, -0.2) is 4.98 Å². The lowest BCUT2D eigenvalue weighted by Crippen LogP contribution is -1.98. The molecule has 0 atom stereocenters. The van der Waals surface area contributed by atoms with Gasteiger partial charge in [-0.15, -0.1) is 0 Å². The van der Waals surface area contributed by atoms with Crippen molar-refractivity contribution in [3.8, 4) is 5.75 Å². The molecule has 1 heterocycles. The molecular weight excluding hydrogens is 269 g/mol. The van der Waals surface area contributed by atoms with Crippen molar-refractivity contribution in [2.24, 2.45) is 0 Å². The molecule has 0 bridgehead atoms. The summed E-state index contributed by atoms with van der Waals surface area (Å²) in [6, 6.07) is 7.60. The van der Waals surface area contributed by atoms with Crippen LogP contribution in [-0.2, 0) is 6.61 Å². The van der Waals surface area contributed by atoms with Gasteiger partial charge in [-0.1, -0.05) is 29.3 Å². The fraction of sp³-hybridized carbons (Fsp3) is 0.214. The molecule has 1 aromatic carbocycles. The number of benzene rings is 1. The molecule has 0 aliphatic carbocycles. The zero-order chi connectivity index (χ0) is 13.1. The van der Waals surface area contributed by atoms with E-state index in [9.17, 15) is 0 Å². The predicted molar refractivity (Wildman–Crippen MR) is 74.5 cm³/mol. The van der Waals surface area contributed by atoms with Crippen LogP contribution in [0.1, 0.15) is 16.7 Å². The van der Waals surface area contributed by atoms with Crippen molar-refractivity contribution in [1.29, 1.82) is 0 Å². The molecule has 0 spiro atoms. The van der Waals surface area contributed by atoms with Crippen LogP contribution in [0.25, 0.3) is 0 Å². The number of ether oxygens (including phenoxy) is 1. The first kappa shape index (κ1) is 13.2. The van der Waals surface area contributed by atoms with Gasteiger partial charge in [-0.3, -0.25) is 0 Å². The van der Waals surface area contributed by atoms with Gasteiger partial charge in [-0.2, -0.15) is 0 Å². The van der Waals surface area contributed by atoms with Gasteiger partial charge < -0.3 is 4.74 Å². The van der Waals surface area contributed by atoms with Crippen LogP contribution in [0, 0.1) is 13.8 Å². The molecule has 0 fully saturated rings. The zero-order valence-corrected chi connectivity index (χ0v) is 11.7. The number of hydrogen-bond donors (Lipinski definition) is 0. The highest BCUT2D eigenvalue weighted by molar-refractivity contribution is 6.34. The van der Waals surface area contributed by atoms with Crippen LogP contribution in [0.5, 0.6) is 5.75 Å². The van der Waals surface area contributed by atoms with E-state index in [4.69, 9.17) is 27.9 Å². The van der Waals surface area contributed by atoms with Crippen molar-refractivity contribution < 1.29 is 4.74 Å². The number of halogens is 2. The number of hydrogen-bond acceptors (Lipinski definition) is 2. The Morgan fingerprint density at radius 3 is 2.56 bits per heavy atom. The Kier molecular flexibility index (Phi) is 4.10. The lowest BCUT2D eigenvalue weighted by Gasteiger charge is -2.09. The van der Waals surface area contributed by atoms with Crippen LogP contribution in [0.2, 0.25) is 10.2 Å². The molecule has 0 radical (unpaired) electrons. The normalized spacial score (nSPS) is 10.4. The fourth-order valence-electron chi connectivity index (χ4n) is 1.51. The minimum Gasteiger partial charge on any atom is -0.489 e. The number of rotatable bonds is 3. The Hall–Kier alpha value is -1.25. The summed E-state index contributed by atoms with van der Waals surface area (Å²) >= 11 is 11.8. The summed E-state index contributed by atoms with van der Waals surface area (Å²) in [6.07, 6.45) is 1.63. The molecule has 2 rings (SSSR count). The van der Waals surface area contributed by atoms with Gasteiger partial charge >= 0.3 is 0 Å². The Labute approximate surface area is 117 Å². The van der Waals surface area contributed by atoms with E-state index in [1.807, 2.05) is 18.2 Å². The maximum Gasteiger partial charge on any atom is 0.130 e. The van der Waals surface area contributed by atoms with Crippen LogP contribution in [0.4, 0.5) is 0 Å². The van der Waals surface area contributed by atoms with E-state index in [2.05, 4.69) is 18.8 Å². The van der Waals surface area contributed by atoms with Gasteiger partial charge in [0.1, 0.15) is 17.5 Å². The van der Waals surface area contributed by atoms with E-state index in [1.165, 1.54) is 11.1 Å². The summed E-state index contributed by atoms with van der Waals surface area (Å²) in [5.41, 5.74) is 3.26. The number of pyridine rings is 1. The Bertz CT molecular complexity index is 570. The summed E-state index contributed by atoms with van der Waals surface area (Å²) in [4.78, 5) is 3.98. The second-order valence-corrected chi connectivity index (χ2v) is 4.93.